The van der Waals surface area contributed by atoms with Gasteiger partial charge in [0.05, 0.1) is 0 Å². The number of nitrogens with zero attached hydrogens (tertiary/aromatic N) is 2. The van der Waals surface area contributed by atoms with Gasteiger partial charge >= 0.3 is 0 Å². The van der Waals surface area contributed by atoms with Gasteiger partial charge in [-0.25, -0.2) is 9.97 Å². The second kappa shape index (κ2) is 4.72. The summed E-state index contributed by atoms with van der Waals surface area (Å²) >= 11 is 5.85. The summed E-state index contributed by atoms with van der Waals surface area (Å²) in [6.07, 6.45) is 0.846. The van der Waals surface area contributed by atoms with Gasteiger partial charge in [-0.3, -0.25) is 0 Å². The summed E-state index contributed by atoms with van der Waals surface area (Å²) in [4.78, 5) is 8.82. The van der Waals surface area contributed by atoms with Crippen molar-refractivity contribution >= 4 is 17.4 Å². The van der Waals surface area contributed by atoms with Gasteiger partial charge in [-0.05, 0) is 37.6 Å². The van der Waals surface area contributed by atoms with E-state index in [1.807, 2.05) is 31.2 Å². The van der Waals surface area contributed by atoms with E-state index < -0.39 is 0 Å². The van der Waals surface area contributed by atoms with Crippen LogP contribution in [0.15, 0.2) is 24.3 Å². The molecule has 0 atom stereocenters. The van der Waals surface area contributed by atoms with E-state index >= 15 is 0 Å². The minimum atomic E-state index is 0.543. The normalized spacial score (nSPS) is 10.5. The van der Waals surface area contributed by atoms with E-state index in [4.69, 9.17) is 17.3 Å². The van der Waals surface area contributed by atoms with E-state index in [1.165, 1.54) is 0 Å². The predicted octanol–water partition coefficient (Wildman–Crippen LogP) is 3.25. The van der Waals surface area contributed by atoms with E-state index in [-0.39, 0.29) is 0 Å². The number of hydrogen-bond acceptors (Lipinski definition) is 3. The molecule has 0 bridgehead atoms. The molecule has 0 amide bonds. The molecule has 0 saturated heterocycles. The molecule has 0 spiro atoms. The summed E-state index contributed by atoms with van der Waals surface area (Å²) < 4.78 is 0. The lowest BCUT2D eigenvalue weighted by atomic mass is 10.1. The average Bonchev–Trinajstić information content (AvgIpc) is 2.33. The summed E-state index contributed by atoms with van der Waals surface area (Å²) in [6, 6.07) is 7.43. The second-order valence-corrected chi connectivity index (χ2v) is 4.30. The van der Waals surface area contributed by atoms with E-state index in [1.54, 1.807) is 0 Å². The highest BCUT2D eigenvalue weighted by Crippen LogP contribution is 2.22. The highest BCUT2D eigenvalue weighted by Gasteiger charge is 2.08. The van der Waals surface area contributed by atoms with Gasteiger partial charge < -0.3 is 5.73 Å². The zero-order valence-corrected chi connectivity index (χ0v) is 10.6. The van der Waals surface area contributed by atoms with Crippen molar-refractivity contribution in [2.75, 3.05) is 5.73 Å². The van der Waals surface area contributed by atoms with Crippen LogP contribution in [0.1, 0.15) is 18.2 Å². The van der Waals surface area contributed by atoms with Crippen LogP contribution in [0.2, 0.25) is 5.02 Å². The Morgan fingerprint density at radius 3 is 2.41 bits per heavy atom. The van der Waals surface area contributed by atoms with Crippen LogP contribution in [0, 0.1) is 6.92 Å². The molecule has 3 nitrogen and oxygen atoms in total. The van der Waals surface area contributed by atoms with Crippen LogP contribution < -0.4 is 5.73 Å². The van der Waals surface area contributed by atoms with E-state index in [2.05, 4.69) is 16.9 Å². The molecule has 0 unspecified atom stereocenters. The Bertz CT molecular complexity index is 535. The van der Waals surface area contributed by atoms with Crippen molar-refractivity contribution in [1.29, 1.82) is 0 Å². The molecular formula is C13H14ClN3. The maximum absolute atomic E-state index is 5.89. The van der Waals surface area contributed by atoms with Crippen molar-refractivity contribution in [2.24, 2.45) is 0 Å². The Morgan fingerprint density at radius 2 is 1.82 bits per heavy atom. The molecule has 0 saturated carbocycles. The molecule has 88 valence electrons. The number of nitrogen functional groups attached to an aromatic ring is 1. The highest BCUT2D eigenvalue weighted by molar-refractivity contribution is 6.30. The third-order valence-corrected chi connectivity index (χ3v) is 2.97. The third-order valence-electron chi connectivity index (χ3n) is 2.72. The van der Waals surface area contributed by atoms with Gasteiger partial charge in [0.25, 0.3) is 0 Å². The third kappa shape index (κ3) is 2.39. The lowest BCUT2D eigenvalue weighted by Crippen LogP contribution is -2.04. The quantitative estimate of drug-likeness (QED) is 0.886. The molecule has 0 aliphatic carbocycles. The van der Waals surface area contributed by atoms with Crippen molar-refractivity contribution in [3.8, 4) is 11.4 Å². The van der Waals surface area contributed by atoms with E-state index in [0.29, 0.717) is 16.7 Å². The molecule has 0 fully saturated rings. The van der Waals surface area contributed by atoms with Gasteiger partial charge in [0, 0.05) is 21.8 Å². The second-order valence-electron chi connectivity index (χ2n) is 3.86. The van der Waals surface area contributed by atoms with Crippen LogP contribution in [0.3, 0.4) is 0 Å². The SMILES string of the molecule is CCc1nc(-c2ccc(Cl)cc2)nc(N)c1C. The summed E-state index contributed by atoms with van der Waals surface area (Å²) in [5.74, 6) is 1.20. The van der Waals surface area contributed by atoms with Crippen molar-refractivity contribution in [2.45, 2.75) is 20.3 Å². The summed E-state index contributed by atoms with van der Waals surface area (Å²) in [5.41, 5.74) is 8.77. The molecule has 1 aromatic carbocycles. The lowest BCUT2D eigenvalue weighted by molar-refractivity contribution is 0.982. The summed E-state index contributed by atoms with van der Waals surface area (Å²) in [7, 11) is 0. The first-order valence-electron chi connectivity index (χ1n) is 5.50. The van der Waals surface area contributed by atoms with Gasteiger partial charge in [-0.2, -0.15) is 0 Å². The standard InChI is InChI=1S/C13H14ClN3/c1-3-11-8(2)12(15)17-13(16-11)9-4-6-10(14)7-5-9/h4-7H,3H2,1-2H3,(H2,15,16,17). The zero-order valence-electron chi connectivity index (χ0n) is 9.87. The predicted molar refractivity (Wildman–Crippen MR) is 71.0 cm³/mol. The molecule has 2 aromatic rings. The Balaban J connectivity index is 2.52. The van der Waals surface area contributed by atoms with Crippen LogP contribution in [0.25, 0.3) is 11.4 Å². The van der Waals surface area contributed by atoms with Crippen molar-refractivity contribution in [1.82, 2.24) is 9.97 Å². The number of nitrogens with two attached hydrogens (primary N) is 1. The van der Waals surface area contributed by atoms with Crippen molar-refractivity contribution < 1.29 is 0 Å². The van der Waals surface area contributed by atoms with Crippen LogP contribution in [0.5, 0.6) is 0 Å². The Morgan fingerprint density at radius 1 is 1.18 bits per heavy atom. The highest BCUT2D eigenvalue weighted by atomic mass is 35.5. The molecule has 1 aromatic heterocycles. The van der Waals surface area contributed by atoms with Gasteiger partial charge in [-0.15, -0.1) is 0 Å². The molecule has 1 heterocycles. The fourth-order valence-corrected chi connectivity index (χ4v) is 1.78. The fraction of sp³-hybridized carbons (Fsp3) is 0.231. The number of benzene rings is 1. The first-order chi connectivity index (χ1) is 8.11. The number of aryl methyl sites for hydroxylation is 1. The number of rotatable bonds is 2. The van der Waals surface area contributed by atoms with Gasteiger partial charge in [0.2, 0.25) is 0 Å². The van der Waals surface area contributed by atoms with Gasteiger partial charge in [0.15, 0.2) is 5.82 Å². The number of anilines is 1. The van der Waals surface area contributed by atoms with E-state index in [0.717, 1.165) is 23.2 Å². The van der Waals surface area contributed by atoms with Gasteiger partial charge in [0.1, 0.15) is 5.82 Å². The molecular weight excluding hydrogens is 234 g/mol. The Labute approximate surface area is 106 Å². The number of halogens is 1. The van der Waals surface area contributed by atoms with Gasteiger partial charge in [-0.1, -0.05) is 18.5 Å². The maximum Gasteiger partial charge on any atom is 0.161 e. The Hall–Kier alpha value is -1.61. The largest absolute Gasteiger partial charge is 0.383 e. The zero-order chi connectivity index (χ0) is 12.4. The minimum Gasteiger partial charge on any atom is -0.383 e. The van der Waals surface area contributed by atoms with Crippen LogP contribution in [0.4, 0.5) is 5.82 Å². The van der Waals surface area contributed by atoms with Crippen LogP contribution in [-0.4, -0.2) is 9.97 Å². The molecule has 4 heteroatoms. The number of aromatic nitrogens is 2. The van der Waals surface area contributed by atoms with Crippen LogP contribution in [-0.2, 0) is 6.42 Å². The van der Waals surface area contributed by atoms with Crippen molar-refractivity contribution in [3.63, 3.8) is 0 Å². The smallest absolute Gasteiger partial charge is 0.161 e. The van der Waals surface area contributed by atoms with Crippen LogP contribution >= 0.6 is 11.6 Å². The van der Waals surface area contributed by atoms with Crippen molar-refractivity contribution in [3.05, 3.63) is 40.5 Å². The molecule has 0 radical (unpaired) electrons. The molecule has 0 aliphatic heterocycles. The Kier molecular flexibility index (Phi) is 3.29. The molecule has 2 N–H and O–H groups in total. The first-order valence-corrected chi connectivity index (χ1v) is 5.88. The van der Waals surface area contributed by atoms with E-state index in [9.17, 15) is 0 Å². The monoisotopic (exact) mass is 247 g/mol. The summed E-state index contributed by atoms with van der Waals surface area (Å²) in [6.45, 7) is 4.00. The fourth-order valence-electron chi connectivity index (χ4n) is 1.65. The number of hydrogen-bond donors (Lipinski definition) is 1. The molecule has 0 aliphatic rings. The first kappa shape index (κ1) is 11.9. The average molecular weight is 248 g/mol. The minimum absolute atomic E-state index is 0.543. The lowest BCUT2D eigenvalue weighted by Gasteiger charge is -2.08. The summed E-state index contributed by atoms with van der Waals surface area (Å²) in [5, 5.41) is 0.699. The topological polar surface area (TPSA) is 51.8 Å². The molecule has 2 rings (SSSR count). The maximum atomic E-state index is 5.89. The molecule has 17 heavy (non-hydrogen) atoms.